The number of hydrogen-bond acceptors (Lipinski definition) is 2. The van der Waals surface area contributed by atoms with Crippen molar-refractivity contribution in [1.29, 1.82) is 5.26 Å². The quantitative estimate of drug-likeness (QED) is 0.318. The number of anilines is 1. The standard InChI is InChI=1S/C23H38N2/c1-3-5-7-9-11-15-19-25(20-16-12-10-8-6-4-2)23-18-14-13-17-22(23)21-24/h13-14,17-18H,3-12,15-16,19-20H2,1-2H3. The maximum absolute atomic E-state index is 9.43. The summed E-state index contributed by atoms with van der Waals surface area (Å²) in [7, 11) is 0. The van der Waals surface area contributed by atoms with E-state index >= 15 is 0 Å². The first-order valence-electron chi connectivity index (χ1n) is 10.6. The molecule has 0 N–H and O–H groups in total. The van der Waals surface area contributed by atoms with Gasteiger partial charge in [-0.15, -0.1) is 0 Å². The van der Waals surface area contributed by atoms with Crippen molar-refractivity contribution < 1.29 is 0 Å². The Kier molecular flexibility index (Phi) is 12.8. The Morgan fingerprint density at radius 2 is 1.20 bits per heavy atom. The summed E-state index contributed by atoms with van der Waals surface area (Å²) in [5, 5.41) is 9.43. The third kappa shape index (κ3) is 9.54. The molecule has 1 aromatic carbocycles. The first-order valence-corrected chi connectivity index (χ1v) is 10.6. The second-order valence-electron chi connectivity index (χ2n) is 7.15. The van der Waals surface area contributed by atoms with Gasteiger partial charge in [0.15, 0.2) is 0 Å². The van der Waals surface area contributed by atoms with Gasteiger partial charge in [-0.2, -0.15) is 5.26 Å². The highest BCUT2D eigenvalue weighted by atomic mass is 15.1. The molecule has 0 aliphatic rings. The Bertz CT molecular complexity index is 459. The summed E-state index contributed by atoms with van der Waals surface area (Å²) < 4.78 is 0. The van der Waals surface area contributed by atoms with Gasteiger partial charge in [0.2, 0.25) is 0 Å². The van der Waals surface area contributed by atoms with Gasteiger partial charge in [0.1, 0.15) is 6.07 Å². The largest absolute Gasteiger partial charge is 0.370 e. The lowest BCUT2D eigenvalue weighted by atomic mass is 10.1. The fourth-order valence-corrected chi connectivity index (χ4v) is 3.36. The molecule has 0 bridgehead atoms. The highest BCUT2D eigenvalue weighted by Gasteiger charge is 2.10. The van der Waals surface area contributed by atoms with Crippen molar-refractivity contribution in [1.82, 2.24) is 0 Å². The summed E-state index contributed by atoms with van der Waals surface area (Å²) in [6, 6.07) is 10.5. The molecule has 0 saturated heterocycles. The van der Waals surface area contributed by atoms with Crippen LogP contribution in [0.3, 0.4) is 0 Å². The van der Waals surface area contributed by atoms with Crippen LogP contribution >= 0.6 is 0 Å². The Morgan fingerprint density at radius 1 is 0.720 bits per heavy atom. The van der Waals surface area contributed by atoms with Gasteiger partial charge >= 0.3 is 0 Å². The van der Waals surface area contributed by atoms with Gasteiger partial charge in [0, 0.05) is 13.1 Å². The third-order valence-corrected chi connectivity index (χ3v) is 4.93. The molecule has 140 valence electrons. The predicted octanol–water partition coefficient (Wildman–Crippen LogP) is 7.09. The monoisotopic (exact) mass is 342 g/mol. The molecule has 1 aromatic rings. The second-order valence-corrected chi connectivity index (χ2v) is 7.15. The molecule has 0 aromatic heterocycles. The fraction of sp³-hybridized carbons (Fsp3) is 0.696. The molecule has 0 radical (unpaired) electrons. The van der Waals surface area contributed by atoms with Gasteiger partial charge in [0.05, 0.1) is 11.3 Å². The topological polar surface area (TPSA) is 27.0 Å². The number of hydrogen-bond donors (Lipinski definition) is 0. The Labute approximate surface area is 156 Å². The summed E-state index contributed by atoms with van der Waals surface area (Å²) in [5.74, 6) is 0. The minimum absolute atomic E-state index is 0.819. The maximum Gasteiger partial charge on any atom is 0.101 e. The molecular formula is C23H38N2. The fourth-order valence-electron chi connectivity index (χ4n) is 3.36. The van der Waals surface area contributed by atoms with Crippen molar-refractivity contribution in [2.45, 2.75) is 90.9 Å². The van der Waals surface area contributed by atoms with Gasteiger partial charge < -0.3 is 4.90 Å². The highest BCUT2D eigenvalue weighted by Crippen LogP contribution is 2.21. The van der Waals surface area contributed by atoms with Crippen LogP contribution in [0.2, 0.25) is 0 Å². The summed E-state index contributed by atoms with van der Waals surface area (Å²) in [6.45, 7) is 6.70. The maximum atomic E-state index is 9.43. The number of para-hydroxylation sites is 1. The molecule has 0 spiro atoms. The summed E-state index contributed by atoms with van der Waals surface area (Å²) in [5.41, 5.74) is 1.95. The molecule has 2 heteroatoms. The van der Waals surface area contributed by atoms with Crippen LogP contribution in [0.1, 0.15) is 96.5 Å². The van der Waals surface area contributed by atoms with Gasteiger partial charge in [-0.1, -0.05) is 90.2 Å². The van der Waals surface area contributed by atoms with E-state index in [1.807, 2.05) is 12.1 Å². The average molecular weight is 343 g/mol. The predicted molar refractivity (Wildman–Crippen MR) is 110 cm³/mol. The number of rotatable bonds is 15. The molecule has 25 heavy (non-hydrogen) atoms. The lowest BCUT2D eigenvalue weighted by Crippen LogP contribution is -2.26. The molecule has 0 saturated carbocycles. The van der Waals surface area contributed by atoms with Gasteiger partial charge in [-0.3, -0.25) is 0 Å². The summed E-state index contributed by atoms with van der Waals surface area (Å²) in [6.07, 6.45) is 15.8. The van der Waals surface area contributed by atoms with E-state index in [4.69, 9.17) is 0 Å². The Balaban J connectivity index is 2.48. The van der Waals surface area contributed by atoms with Crippen LogP contribution in [0.5, 0.6) is 0 Å². The van der Waals surface area contributed by atoms with Gasteiger partial charge in [-0.25, -0.2) is 0 Å². The van der Waals surface area contributed by atoms with Crippen molar-refractivity contribution in [3.8, 4) is 6.07 Å². The van der Waals surface area contributed by atoms with Gasteiger partial charge in [0.25, 0.3) is 0 Å². The summed E-state index contributed by atoms with van der Waals surface area (Å²) in [4.78, 5) is 2.46. The van der Waals surface area contributed by atoms with Crippen LogP contribution in [0.25, 0.3) is 0 Å². The second kappa shape index (κ2) is 14.8. The van der Waals surface area contributed by atoms with Crippen LogP contribution in [0.15, 0.2) is 24.3 Å². The SMILES string of the molecule is CCCCCCCCN(CCCCCCCC)c1ccccc1C#N. The zero-order valence-corrected chi connectivity index (χ0v) is 16.6. The minimum atomic E-state index is 0.819. The van der Waals surface area contributed by atoms with Crippen LogP contribution in [0, 0.1) is 11.3 Å². The van der Waals surface area contributed by atoms with E-state index in [1.165, 1.54) is 77.0 Å². The van der Waals surface area contributed by atoms with Crippen molar-refractivity contribution in [2.75, 3.05) is 18.0 Å². The van der Waals surface area contributed by atoms with E-state index in [0.29, 0.717) is 0 Å². The Hall–Kier alpha value is -1.49. The molecule has 0 aliphatic heterocycles. The van der Waals surface area contributed by atoms with Crippen molar-refractivity contribution >= 4 is 5.69 Å². The van der Waals surface area contributed by atoms with E-state index in [2.05, 4.69) is 36.9 Å². The van der Waals surface area contributed by atoms with Crippen LogP contribution in [0.4, 0.5) is 5.69 Å². The molecule has 0 atom stereocenters. The smallest absolute Gasteiger partial charge is 0.101 e. The van der Waals surface area contributed by atoms with Crippen molar-refractivity contribution in [3.63, 3.8) is 0 Å². The molecular weight excluding hydrogens is 304 g/mol. The molecule has 0 amide bonds. The zero-order chi connectivity index (χ0) is 18.2. The van der Waals surface area contributed by atoms with Gasteiger partial charge in [-0.05, 0) is 25.0 Å². The van der Waals surface area contributed by atoms with Crippen LogP contribution in [-0.2, 0) is 0 Å². The molecule has 0 aliphatic carbocycles. The first-order chi connectivity index (χ1) is 12.3. The normalized spacial score (nSPS) is 10.6. The lowest BCUT2D eigenvalue weighted by molar-refractivity contribution is 0.575. The number of nitrogens with zero attached hydrogens (tertiary/aromatic N) is 2. The van der Waals surface area contributed by atoms with E-state index in [1.54, 1.807) is 0 Å². The third-order valence-electron chi connectivity index (χ3n) is 4.93. The zero-order valence-electron chi connectivity index (χ0n) is 16.6. The lowest BCUT2D eigenvalue weighted by Gasteiger charge is -2.26. The highest BCUT2D eigenvalue weighted by molar-refractivity contribution is 5.59. The summed E-state index contributed by atoms with van der Waals surface area (Å²) >= 11 is 0. The van der Waals surface area contributed by atoms with E-state index in [-0.39, 0.29) is 0 Å². The number of nitriles is 1. The van der Waals surface area contributed by atoms with E-state index < -0.39 is 0 Å². The Morgan fingerprint density at radius 3 is 1.72 bits per heavy atom. The van der Waals surface area contributed by atoms with E-state index in [0.717, 1.165) is 24.3 Å². The van der Waals surface area contributed by atoms with Crippen LogP contribution in [-0.4, -0.2) is 13.1 Å². The minimum Gasteiger partial charge on any atom is -0.370 e. The molecule has 0 unspecified atom stereocenters. The molecule has 2 nitrogen and oxygen atoms in total. The van der Waals surface area contributed by atoms with Crippen molar-refractivity contribution in [3.05, 3.63) is 29.8 Å². The first kappa shape index (κ1) is 21.6. The van der Waals surface area contributed by atoms with Crippen molar-refractivity contribution in [2.24, 2.45) is 0 Å². The molecule has 0 heterocycles. The van der Waals surface area contributed by atoms with E-state index in [9.17, 15) is 5.26 Å². The number of benzene rings is 1. The number of unbranched alkanes of at least 4 members (excludes halogenated alkanes) is 10. The molecule has 0 fully saturated rings. The van der Waals surface area contributed by atoms with Crippen LogP contribution < -0.4 is 4.90 Å². The average Bonchev–Trinajstić information content (AvgIpc) is 2.65. The molecule has 1 rings (SSSR count).